The van der Waals surface area contributed by atoms with Crippen molar-refractivity contribution in [2.24, 2.45) is 5.92 Å². The van der Waals surface area contributed by atoms with Crippen LogP contribution in [-0.2, 0) is 23.9 Å². The van der Waals surface area contributed by atoms with Crippen molar-refractivity contribution in [3.63, 3.8) is 0 Å². The van der Waals surface area contributed by atoms with E-state index in [-0.39, 0.29) is 42.6 Å². The van der Waals surface area contributed by atoms with E-state index in [1.54, 1.807) is 16.9 Å². The Hall–Kier alpha value is -2.16. The summed E-state index contributed by atoms with van der Waals surface area (Å²) in [5.74, 6) is -1.70. The molecule has 2 atom stereocenters. The zero-order valence-corrected chi connectivity index (χ0v) is 16.1. The Kier molecular flexibility index (Phi) is 7.58. The number of amides is 3. The van der Waals surface area contributed by atoms with Crippen LogP contribution in [0, 0.1) is 5.92 Å². The number of hydrogen-bond donors (Lipinski definition) is 1. The molecule has 0 saturated carbocycles. The summed E-state index contributed by atoms with van der Waals surface area (Å²) in [5.41, 5.74) is 0. The van der Waals surface area contributed by atoms with E-state index in [1.165, 1.54) is 11.8 Å². The Labute approximate surface area is 159 Å². The summed E-state index contributed by atoms with van der Waals surface area (Å²) in [4.78, 5) is 52.5. The molecule has 0 aromatic heterocycles. The molecule has 2 fully saturated rings. The van der Waals surface area contributed by atoms with Gasteiger partial charge in [-0.2, -0.15) is 0 Å². The highest BCUT2D eigenvalue weighted by Gasteiger charge is 2.37. The van der Waals surface area contributed by atoms with Crippen molar-refractivity contribution in [2.75, 3.05) is 46.4 Å². The predicted octanol–water partition coefficient (Wildman–Crippen LogP) is -0.204. The van der Waals surface area contributed by atoms with Crippen LogP contribution in [0.5, 0.6) is 0 Å². The Morgan fingerprint density at radius 1 is 1.26 bits per heavy atom. The molecular weight excluding hydrogens is 354 g/mol. The summed E-state index contributed by atoms with van der Waals surface area (Å²) in [6.07, 6.45) is 2.14. The van der Waals surface area contributed by atoms with Crippen LogP contribution in [-0.4, -0.2) is 96.0 Å². The van der Waals surface area contributed by atoms with Gasteiger partial charge in [0.1, 0.15) is 6.54 Å². The van der Waals surface area contributed by atoms with Crippen molar-refractivity contribution in [2.45, 2.75) is 38.6 Å². The molecule has 3 amide bonds. The van der Waals surface area contributed by atoms with Crippen LogP contribution >= 0.6 is 0 Å². The Bertz CT molecular complexity index is 581. The van der Waals surface area contributed by atoms with Gasteiger partial charge in [0.05, 0.1) is 12.5 Å². The number of methoxy groups -OCH3 is 1. The maximum absolute atomic E-state index is 12.8. The Morgan fingerprint density at radius 2 is 2.00 bits per heavy atom. The molecule has 2 rings (SSSR count). The normalized spacial score (nSPS) is 23.3. The lowest BCUT2D eigenvalue weighted by molar-refractivity contribution is -0.145. The second kappa shape index (κ2) is 9.68. The number of nitrogens with zero attached hydrogens (tertiary/aromatic N) is 3. The summed E-state index contributed by atoms with van der Waals surface area (Å²) in [6, 6.07) is -0.181. The maximum atomic E-state index is 12.8. The minimum atomic E-state index is -1.04. The number of carbonyl (C=O) groups is 4. The fraction of sp³-hybridized carbons (Fsp3) is 0.778. The van der Waals surface area contributed by atoms with E-state index in [2.05, 4.69) is 0 Å². The molecule has 2 heterocycles. The number of carboxylic acids is 1. The average molecular weight is 383 g/mol. The maximum Gasteiger partial charge on any atom is 0.323 e. The Morgan fingerprint density at radius 3 is 2.63 bits per heavy atom. The number of rotatable bonds is 7. The van der Waals surface area contributed by atoms with Crippen LogP contribution in [0.25, 0.3) is 0 Å². The molecule has 0 spiro atoms. The number of likely N-dealkylation sites (tertiary alicyclic amines) is 2. The smallest absolute Gasteiger partial charge is 0.323 e. The van der Waals surface area contributed by atoms with Crippen molar-refractivity contribution in [1.82, 2.24) is 14.7 Å². The van der Waals surface area contributed by atoms with E-state index < -0.39 is 5.97 Å². The van der Waals surface area contributed by atoms with Gasteiger partial charge in [0.2, 0.25) is 17.7 Å². The van der Waals surface area contributed by atoms with Crippen molar-refractivity contribution in [3.8, 4) is 0 Å². The molecule has 0 radical (unpaired) electrons. The third-order valence-corrected chi connectivity index (χ3v) is 5.29. The molecule has 0 aliphatic carbocycles. The summed E-state index contributed by atoms with van der Waals surface area (Å²) >= 11 is 0. The highest BCUT2D eigenvalue weighted by Crippen LogP contribution is 2.23. The third kappa shape index (κ3) is 5.66. The molecule has 2 aliphatic rings. The van der Waals surface area contributed by atoms with Crippen LogP contribution in [0.15, 0.2) is 0 Å². The summed E-state index contributed by atoms with van der Waals surface area (Å²) in [7, 11) is 1.57. The second-order valence-corrected chi connectivity index (χ2v) is 7.18. The minimum Gasteiger partial charge on any atom is -0.480 e. The van der Waals surface area contributed by atoms with Gasteiger partial charge in [0, 0.05) is 52.7 Å². The first-order valence-corrected chi connectivity index (χ1v) is 9.38. The predicted molar refractivity (Wildman–Crippen MR) is 95.8 cm³/mol. The van der Waals surface area contributed by atoms with Crippen molar-refractivity contribution in [3.05, 3.63) is 0 Å². The van der Waals surface area contributed by atoms with Crippen molar-refractivity contribution in [1.29, 1.82) is 0 Å². The van der Waals surface area contributed by atoms with Gasteiger partial charge in [-0.3, -0.25) is 19.2 Å². The molecule has 0 aromatic carbocycles. The van der Waals surface area contributed by atoms with Gasteiger partial charge in [0.25, 0.3) is 0 Å². The molecule has 2 saturated heterocycles. The molecule has 0 aromatic rings. The van der Waals surface area contributed by atoms with Gasteiger partial charge < -0.3 is 24.5 Å². The molecule has 152 valence electrons. The molecule has 9 nitrogen and oxygen atoms in total. The van der Waals surface area contributed by atoms with Crippen LogP contribution in [0.1, 0.15) is 32.6 Å². The number of carboxylic acid groups (broad SMARTS) is 1. The lowest BCUT2D eigenvalue weighted by Crippen LogP contribution is -2.43. The molecule has 27 heavy (non-hydrogen) atoms. The van der Waals surface area contributed by atoms with E-state index >= 15 is 0 Å². The fourth-order valence-corrected chi connectivity index (χ4v) is 3.87. The highest BCUT2D eigenvalue weighted by molar-refractivity contribution is 5.89. The van der Waals surface area contributed by atoms with Gasteiger partial charge in [0.15, 0.2) is 0 Å². The number of aliphatic carboxylic acids is 1. The first-order chi connectivity index (χ1) is 12.8. The molecular formula is C18H29N3O6. The topological polar surface area (TPSA) is 107 Å². The lowest BCUT2D eigenvalue weighted by Gasteiger charge is -2.29. The number of hydrogen-bond acceptors (Lipinski definition) is 5. The van der Waals surface area contributed by atoms with Gasteiger partial charge in [-0.1, -0.05) is 0 Å². The van der Waals surface area contributed by atoms with Crippen LogP contribution in [0.2, 0.25) is 0 Å². The third-order valence-electron chi connectivity index (χ3n) is 5.29. The highest BCUT2D eigenvalue weighted by atomic mass is 16.5. The molecule has 2 aliphatic heterocycles. The van der Waals surface area contributed by atoms with Crippen LogP contribution in [0.3, 0.4) is 0 Å². The summed E-state index contributed by atoms with van der Waals surface area (Å²) < 4.78 is 5.00. The van der Waals surface area contributed by atoms with E-state index in [4.69, 9.17) is 9.84 Å². The van der Waals surface area contributed by atoms with E-state index in [0.29, 0.717) is 52.0 Å². The van der Waals surface area contributed by atoms with E-state index in [1.807, 2.05) is 0 Å². The molecule has 9 heteroatoms. The largest absolute Gasteiger partial charge is 0.480 e. The summed E-state index contributed by atoms with van der Waals surface area (Å²) in [6.45, 7) is 3.44. The van der Waals surface area contributed by atoms with Gasteiger partial charge in [-0.25, -0.2) is 0 Å². The Balaban J connectivity index is 1.93. The molecule has 0 bridgehead atoms. The van der Waals surface area contributed by atoms with Crippen molar-refractivity contribution >= 4 is 23.7 Å². The standard InChI is InChI=1S/C18H29N3O6/c1-13(22)21(12-17(24)25)15-4-3-6-19(7-5-15)18(26)14-10-16(23)20(11-14)8-9-27-2/h14-15H,3-12H2,1-2H3,(H,24,25). The van der Waals surface area contributed by atoms with E-state index in [9.17, 15) is 19.2 Å². The van der Waals surface area contributed by atoms with Gasteiger partial charge in [-0.05, 0) is 19.3 Å². The quantitative estimate of drug-likeness (QED) is 0.652. The average Bonchev–Trinajstić information content (AvgIpc) is 2.82. The molecule has 2 unspecified atom stereocenters. The SMILES string of the molecule is COCCN1CC(C(=O)N2CCCC(N(CC(=O)O)C(C)=O)CC2)CC1=O. The zero-order chi connectivity index (χ0) is 20.0. The van der Waals surface area contributed by atoms with Crippen molar-refractivity contribution < 1.29 is 29.0 Å². The molecule has 1 N–H and O–H groups in total. The first kappa shape index (κ1) is 21.1. The fourth-order valence-electron chi connectivity index (χ4n) is 3.87. The lowest BCUT2D eigenvalue weighted by atomic mass is 10.1. The van der Waals surface area contributed by atoms with Gasteiger partial charge >= 0.3 is 5.97 Å². The van der Waals surface area contributed by atoms with Crippen LogP contribution in [0.4, 0.5) is 0 Å². The first-order valence-electron chi connectivity index (χ1n) is 9.38. The van der Waals surface area contributed by atoms with Crippen LogP contribution < -0.4 is 0 Å². The number of carbonyl (C=O) groups excluding carboxylic acids is 3. The monoisotopic (exact) mass is 383 g/mol. The van der Waals surface area contributed by atoms with E-state index in [0.717, 1.165) is 0 Å². The zero-order valence-electron chi connectivity index (χ0n) is 16.1. The summed E-state index contributed by atoms with van der Waals surface area (Å²) in [5, 5.41) is 9.02. The number of ether oxygens (including phenoxy) is 1. The minimum absolute atomic E-state index is 0.0256. The second-order valence-electron chi connectivity index (χ2n) is 7.18. The van der Waals surface area contributed by atoms with Gasteiger partial charge in [-0.15, -0.1) is 0 Å².